The fourth-order valence-electron chi connectivity index (χ4n) is 1.89. The minimum Gasteiger partial charge on any atom is -0.493 e. The fourth-order valence-corrected chi connectivity index (χ4v) is 2.25. The van der Waals surface area contributed by atoms with E-state index in [1.165, 1.54) is 14.2 Å². The third kappa shape index (κ3) is 4.68. The highest BCUT2D eigenvalue weighted by molar-refractivity contribution is 6.33. The van der Waals surface area contributed by atoms with Crippen molar-refractivity contribution in [3.63, 3.8) is 0 Å². The molecule has 1 rings (SSSR count). The second-order valence-corrected chi connectivity index (χ2v) is 6.02. The van der Waals surface area contributed by atoms with Gasteiger partial charge >= 0.3 is 6.09 Å². The summed E-state index contributed by atoms with van der Waals surface area (Å²) in [6, 6.07) is 2.94. The number of hydrogen-bond acceptors (Lipinski definition) is 5. The molecule has 0 saturated heterocycles. The van der Waals surface area contributed by atoms with Crippen molar-refractivity contribution in [1.82, 2.24) is 5.32 Å². The summed E-state index contributed by atoms with van der Waals surface area (Å²) < 4.78 is 15.7. The lowest BCUT2D eigenvalue weighted by Crippen LogP contribution is -2.37. The number of carbonyl (C=O) groups is 1. The number of nitrogens with one attached hydrogen (secondary N) is 1. The molecule has 0 aliphatic heterocycles. The molecule has 1 aromatic carbocycles. The summed E-state index contributed by atoms with van der Waals surface area (Å²) in [6.07, 6.45) is -0.561. The van der Waals surface area contributed by atoms with E-state index in [1.807, 2.05) is 0 Å². The van der Waals surface area contributed by atoms with Crippen LogP contribution in [0.5, 0.6) is 11.5 Å². The third-order valence-corrected chi connectivity index (χ3v) is 3.21. The molecule has 22 heavy (non-hydrogen) atoms. The van der Waals surface area contributed by atoms with Crippen LogP contribution in [0.15, 0.2) is 12.1 Å². The number of carbonyl (C=O) groups excluding carboxylic acids is 1. The molecule has 1 unspecified atom stereocenters. The van der Waals surface area contributed by atoms with E-state index in [9.17, 15) is 4.79 Å². The highest BCUT2D eigenvalue weighted by Crippen LogP contribution is 2.39. The van der Waals surface area contributed by atoms with E-state index in [0.29, 0.717) is 22.1 Å². The number of amides is 1. The Morgan fingerprint density at radius 1 is 1.32 bits per heavy atom. The first-order valence-electron chi connectivity index (χ1n) is 6.83. The molecule has 6 nitrogen and oxygen atoms in total. The molecule has 0 saturated carbocycles. The van der Waals surface area contributed by atoms with E-state index in [1.54, 1.807) is 32.9 Å². The van der Waals surface area contributed by atoms with E-state index < -0.39 is 17.7 Å². The van der Waals surface area contributed by atoms with Crippen LogP contribution in [0.2, 0.25) is 5.02 Å². The Labute approximate surface area is 135 Å². The molecule has 1 atom stereocenters. The Hall–Kier alpha value is -1.66. The summed E-state index contributed by atoms with van der Waals surface area (Å²) in [5, 5.41) is 3.04. The number of alkyl carbamates (subject to hydrolysis) is 1. The maximum absolute atomic E-state index is 11.9. The molecule has 1 amide bonds. The van der Waals surface area contributed by atoms with Gasteiger partial charge in [0.15, 0.2) is 11.5 Å². The monoisotopic (exact) mass is 330 g/mol. The second kappa shape index (κ2) is 7.56. The van der Waals surface area contributed by atoms with Crippen molar-refractivity contribution in [2.24, 2.45) is 5.73 Å². The van der Waals surface area contributed by atoms with Gasteiger partial charge in [0.1, 0.15) is 5.60 Å². The molecule has 3 N–H and O–H groups in total. The van der Waals surface area contributed by atoms with E-state index in [2.05, 4.69) is 5.32 Å². The third-order valence-electron chi connectivity index (χ3n) is 2.82. The molecular weight excluding hydrogens is 308 g/mol. The van der Waals surface area contributed by atoms with Crippen LogP contribution in [-0.2, 0) is 4.74 Å². The summed E-state index contributed by atoms with van der Waals surface area (Å²) in [5.74, 6) is 0.899. The molecule has 0 aliphatic rings. The Morgan fingerprint density at radius 3 is 2.41 bits per heavy atom. The van der Waals surface area contributed by atoms with Crippen molar-refractivity contribution < 1.29 is 19.0 Å². The van der Waals surface area contributed by atoms with Crippen LogP contribution in [0, 0.1) is 0 Å². The van der Waals surface area contributed by atoms with Gasteiger partial charge in [0.05, 0.1) is 25.3 Å². The predicted molar refractivity (Wildman–Crippen MR) is 85.7 cm³/mol. The highest BCUT2D eigenvalue weighted by atomic mass is 35.5. The highest BCUT2D eigenvalue weighted by Gasteiger charge is 2.23. The molecule has 0 aliphatic carbocycles. The van der Waals surface area contributed by atoms with Gasteiger partial charge in [-0.1, -0.05) is 17.7 Å². The number of benzene rings is 1. The predicted octanol–water partition coefficient (Wildman–Crippen LogP) is 2.88. The summed E-state index contributed by atoms with van der Waals surface area (Å²) in [5.41, 5.74) is 5.79. The van der Waals surface area contributed by atoms with Crippen LogP contribution in [0.25, 0.3) is 0 Å². The van der Waals surface area contributed by atoms with Gasteiger partial charge in [-0.05, 0) is 32.4 Å². The number of ether oxygens (including phenoxy) is 3. The number of halogens is 1. The average molecular weight is 331 g/mol. The van der Waals surface area contributed by atoms with Crippen LogP contribution in [0.4, 0.5) is 4.79 Å². The van der Waals surface area contributed by atoms with Gasteiger partial charge in [0.2, 0.25) is 0 Å². The largest absolute Gasteiger partial charge is 0.493 e. The molecule has 0 aromatic heterocycles. The van der Waals surface area contributed by atoms with Gasteiger partial charge in [-0.3, -0.25) is 0 Å². The second-order valence-electron chi connectivity index (χ2n) is 5.64. The average Bonchev–Trinajstić information content (AvgIpc) is 2.42. The number of hydrogen-bond donors (Lipinski definition) is 2. The van der Waals surface area contributed by atoms with Crippen LogP contribution >= 0.6 is 11.6 Å². The first-order valence-corrected chi connectivity index (χ1v) is 7.21. The zero-order chi connectivity index (χ0) is 16.9. The maximum Gasteiger partial charge on any atom is 0.408 e. The summed E-state index contributed by atoms with van der Waals surface area (Å²) in [4.78, 5) is 11.9. The van der Waals surface area contributed by atoms with Crippen molar-refractivity contribution in [3.05, 3.63) is 22.7 Å². The van der Waals surface area contributed by atoms with E-state index in [4.69, 9.17) is 31.5 Å². The van der Waals surface area contributed by atoms with Crippen LogP contribution in [-0.4, -0.2) is 32.5 Å². The van der Waals surface area contributed by atoms with Gasteiger partial charge in [0.25, 0.3) is 0 Å². The van der Waals surface area contributed by atoms with Gasteiger partial charge < -0.3 is 25.3 Å². The van der Waals surface area contributed by atoms with Crippen molar-refractivity contribution in [1.29, 1.82) is 0 Å². The standard InChI is InChI=1S/C15H23ClN2O4/c1-15(2,3)22-14(19)18-10(8-17)9-6-7-11(20-4)13(21-5)12(9)16/h6-7,10H,8,17H2,1-5H3,(H,18,19). The number of methoxy groups -OCH3 is 2. The minimum atomic E-state index is -0.593. The van der Waals surface area contributed by atoms with Crippen LogP contribution < -0.4 is 20.5 Å². The van der Waals surface area contributed by atoms with Gasteiger partial charge in [-0.15, -0.1) is 0 Å². The topological polar surface area (TPSA) is 82.8 Å². The van der Waals surface area contributed by atoms with Gasteiger partial charge in [-0.25, -0.2) is 4.79 Å². The molecule has 1 aromatic rings. The first-order chi connectivity index (χ1) is 10.2. The fraction of sp³-hybridized carbons (Fsp3) is 0.533. The van der Waals surface area contributed by atoms with E-state index in [0.717, 1.165) is 0 Å². The van der Waals surface area contributed by atoms with Crippen molar-refractivity contribution in [2.45, 2.75) is 32.4 Å². The molecule has 0 heterocycles. The van der Waals surface area contributed by atoms with Crippen molar-refractivity contribution >= 4 is 17.7 Å². The van der Waals surface area contributed by atoms with Crippen LogP contribution in [0.3, 0.4) is 0 Å². The smallest absolute Gasteiger partial charge is 0.408 e. The quantitative estimate of drug-likeness (QED) is 0.867. The molecule has 124 valence electrons. The molecular formula is C15H23ClN2O4. The molecule has 7 heteroatoms. The molecule has 0 fully saturated rings. The SMILES string of the molecule is COc1ccc(C(CN)NC(=O)OC(C)(C)C)c(Cl)c1OC. The molecule has 0 spiro atoms. The Morgan fingerprint density at radius 2 is 1.95 bits per heavy atom. The Balaban J connectivity index is 3.03. The van der Waals surface area contributed by atoms with Crippen molar-refractivity contribution in [3.8, 4) is 11.5 Å². The first kappa shape index (κ1) is 18.4. The zero-order valence-electron chi connectivity index (χ0n) is 13.5. The van der Waals surface area contributed by atoms with E-state index in [-0.39, 0.29) is 6.54 Å². The van der Waals surface area contributed by atoms with Crippen LogP contribution in [0.1, 0.15) is 32.4 Å². The van der Waals surface area contributed by atoms with Gasteiger partial charge in [0, 0.05) is 6.54 Å². The number of rotatable bonds is 5. The molecule has 0 radical (unpaired) electrons. The Bertz CT molecular complexity index is 529. The Kier molecular flexibility index (Phi) is 6.32. The number of nitrogens with two attached hydrogens (primary N) is 1. The maximum atomic E-state index is 11.9. The van der Waals surface area contributed by atoms with Crippen molar-refractivity contribution in [2.75, 3.05) is 20.8 Å². The molecule has 0 bridgehead atoms. The minimum absolute atomic E-state index is 0.161. The summed E-state index contributed by atoms with van der Waals surface area (Å²) in [7, 11) is 3.01. The lowest BCUT2D eigenvalue weighted by Gasteiger charge is -2.24. The normalized spacial score (nSPS) is 12.5. The summed E-state index contributed by atoms with van der Waals surface area (Å²) in [6.45, 7) is 5.52. The lowest BCUT2D eigenvalue weighted by molar-refractivity contribution is 0.0505. The van der Waals surface area contributed by atoms with E-state index >= 15 is 0 Å². The lowest BCUT2D eigenvalue weighted by atomic mass is 10.1. The zero-order valence-corrected chi connectivity index (χ0v) is 14.3. The van der Waals surface area contributed by atoms with Gasteiger partial charge in [-0.2, -0.15) is 0 Å². The summed E-state index contributed by atoms with van der Waals surface area (Å²) >= 11 is 6.33.